The molecule has 3 N–H and O–H groups in total. The number of carbonyl (C=O) groups excluding carboxylic acids is 3. The van der Waals surface area contributed by atoms with Gasteiger partial charge < -0.3 is 30.7 Å². The number of para-hydroxylation sites is 1. The molecule has 0 spiro atoms. The average molecular weight is 513 g/mol. The highest BCUT2D eigenvalue weighted by atomic mass is 19.1. The third kappa shape index (κ3) is 8.09. The number of anilines is 3. The first-order chi connectivity index (χ1) is 17.4. The molecule has 0 bridgehead atoms. The van der Waals surface area contributed by atoms with Gasteiger partial charge in [-0.2, -0.15) is 0 Å². The largest absolute Gasteiger partial charge is 0.368 e. The fourth-order valence-electron chi connectivity index (χ4n) is 3.92. The number of halogens is 1. The zero-order chi connectivity index (χ0) is 27.2. The first kappa shape index (κ1) is 27.8. The fourth-order valence-corrected chi connectivity index (χ4v) is 3.92. The molecule has 0 atom stereocenters. The molecule has 1 aliphatic rings. The maximum absolute atomic E-state index is 13.8. The molecule has 1 heterocycles. The monoisotopic (exact) mass is 512 g/mol. The van der Waals surface area contributed by atoms with Crippen LogP contribution in [0.5, 0.6) is 0 Å². The van der Waals surface area contributed by atoms with E-state index in [0.29, 0.717) is 31.9 Å². The van der Waals surface area contributed by atoms with Crippen molar-refractivity contribution in [1.29, 1.82) is 0 Å². The van der Waals surface area contributed by atoms with Crippen molar-refractivity contribution in [1.82, 2.24) is 15.1 Å². The normalized spacial score (nSPS) is 13.8. The van der Waals surface area contributed by atoms with Crippen molar-refractivity contribution in [3.05, 3.63) is 54.3 Å². The van der Waals surface area contributed by atoms with Crippen molar-refractivity contribution in [2.45, 2.75) is 46.2 Å². The van der Waals surface area contributed by atoms with E-state index in [1.807, 2.05) is 58.9 Å². The summed E-state index contributed by atoms with van der Waals surface area (Å²) >= 11 is 0. The number of carbonyl (C=O) groups is 3. The third-order valence-corrected chi connectivity index (χ3v) is 5.88. The molecule has 1 fully saturated rings. The van der Waals surface area contributed by atoms with Crippen LogP contribution in [0.25, 0.3) is 0 Å². The van der Waals surface area contributed by atoms with E-state index in [2.05, 4.69) is 20.9 Å². The number of amides is 5. The predicted octanol–water partition coefficient (Wildman–Crippen LogP) is 4.34. The number of urea groups is 2. The summed E-state index contributed by atoms with van der Waals surface area (Å²) in [5.74, 6) is -0.744. The minimum absolute atomic E-state index is 0.0573. The molecular formula is C27H37FN6O3. The van der Waals surface area contributed by atoms with E-state index in [-0.39, 0.29) is 36.2 Å². The molecule has 0 aliphatic carbocycles. The Bertz CT molecular complexity index is 1090. The van der Waals surface area contributed by atoms with Crippen LogP contribution in [-0.4, -0.2) is 72.1 Å². The summed E-state index contributed by atoms with van der Waals surface area (Å²) in [4.78, 5) is 43.0. The Morgan fingerprint density at radius 2 is 1.57 bits per heavy atom. The summed E-state index contributed by atoms with van der Waals surface area (Å²) in [7, 11) is 0. The van der Waals surface area contributed by atoms with Gasteiger partial charge in [-0.1, -0.05) is 12.1 Å². The smallest absolute Gasteiger partial charge is 0.322 e. The molecule has 1 saturated heterocycles. The van der Waals surface area contributed by atoms with Gasteiger partial charge in [0, 0.05) is 49.1 Å². The van der Waals surface area contributed by atoms with E-state index in [1.165, 1.54) is 17.0 Å². The molecule has 37 heavy (non-hydrogen) atoms. The third-order valence-electron chi connectivity index (χ3n) is 5.88. The topological polar surface area (TPSA) is 97.0 Å². The Balaban J connectivity index is 1.50. The Morgan fingerprint density at radius 1 is 0.946 bits per heavy atom. The van der Waals surface area contributed by atoms with Gasteiger partial charge in [0.2, 0.25) is 5.91 Å². The lowest BCUT2D eigenvalue weighted by Gasteiger charge is -2.36. The van der Waals surface area contributed by atoms with Gasteiger partial charge in [0.15, 0.2) is 0 Å². The number of rotatable bonds is 6. The molecule has 0 saturated carbocycles. The van der Waals surface area contributed by atoms with Crippen molar-refractivity contribution in [2.24, 2.45) is 0 Å². The van der Waals surface area contributed by atoms with Gasteiger partial charge in [-0.05, 0) is 71.0 Å². The summed E-state index contributed by atoms with van der Waals surface area (Å²) in [5.41, 5.74) is 1.38. The van der Waals surface area contributed by atoms with Crippen molar-refractivity contribution in [2.75, 3.05) is 48.3 Å². The van der Waals surface area contributed by atoms with Crippen LogP contribution in [0.15, 0.2) is 48.5 Å². The summed E-state index contributed by atoms with van der Waals surface area (Å²) in [6.45, 7) is 11.6. The van der Waals surface area contributed by atoms with Gasteiger partial charge >= 0.3 is 12.1 Å². The van der Waals surface area contributed by atoms with Crippen molar-refractivity contribution in [3.8, 4) is 0 Å². The Kier molecular flexibility index (Phi) is 8.96. The van der Waals surface area contributed by atoms with E-state index in [1.54, 1.807) is 17.0 Å². The summed E-state index contributed by atoms with van der Waals surface area (Å²) < 4.78 is 13.8. The maximum Gasteiger partial charge on any atom is 0.322 e. The second-order valence-corrected chi connectivity index (χ2v) is 10.4. The molecule has 10 heteroatoms. The van der Waals surface area contributed by atoms with Crippen LogP contribution in [0, 0.1) is 5.82 Å². The van der Waals surface area contributed by atoms with Gasteiger partial charge in [-0.25, -0.2) is 14.0 Å². The first-order valence-corrected chi connectivity index (χ1v) is 12.5. The van der Waals surface area contributed by atoms with Crippen molar-refractivity contribution < 1.29 is 18.8 Å². The molecule has 0 aromatic heterocycles. The lowest BCUT2D eigenvalue weighted by atomic mass is 10.1. The Labute approximate surface area is 218 Å². The number of hydrogen-bond donors (Lipinski definition) is 3. The molecule has 1 aliphatic heterocycles. The lowest BCUT2D eigenvalue weighted by Crippen LogP contribution is -2.52. The lowest BCUT2D eigenvalue weighted by molar-refractivity contribution is -0.117. The Morgan fingerprint density at radius 3 is 2.14 bits per heavy atom. The molecule has 0 unspecified atom stereocenters. The van der Waals surface area contributed by atoms with Crippen molar-refractivity contribution >= 4 is 35.0 Å². The molecular weight excluding hydrogens is 475 g/mol. The van der Waals surface area contributed by atoms with Gasteiger partial charge in [0.1, 0.15) is 12.4 Å². The van der Waals surface area contributed by atoms with E-state index >= 15 is 0 Å². The highest BCUT2D eigenvalue weighted by molar-refractivity contribution is 5.94. The number of benzene rings is 2. The summed E-state index contributed by atoms with van der Waals surface area (Å²) in [6.07, 6.45) is 0. The Hall–Kier alpha value is -3.82. The van der Waals surface area contributed by atoms with E-state index in [4.69, 9.17) is 0 Å². The minimum Gasteiger partial charge on any atom is -0.368 e. The standard InChI is InChI=1S/C27H37FN6O3/c1-19(2)34(26(37)31-27(3,4)5)18-24(35)29-20-10-12-21(13-11-20)32-14-16-33(17-15-32)25(36)30-23-9-7-6-8-22(23)28/h6-13,19H,14-18H2,1-5H3,(H,29,35)(H,30,36)(H,31,37). The number of hydrogen-bond acceptors (Lipinski definition) is 4. The van der Waals surface area contributed by atoms with Gasteiger partial charge in [-0.3, -0.25) is 4.79 Å². The highest BCUT2D eigenvalue weighted by Crippen LogP contribution is 2.20. The van der Waals surface area contributed by atoms with Crippen LogP contribution < -0.4 is 20.9 Å². The van der Waals surface area contributed by atoms with Crippen LogP contribution in [0.3, 0.4) is 0 Å². The second-order valence-electron chi connectivity index (χ2n) is 10.4. The maximum atomic E-state index is 13.8. The first-order valence-electron chi connectivity index (χ1n) is 12.5. The van der Waals surface area contributed by atoms with Crippen LogP contribution in [-0.2, 0) is 4.79 Å². The highest BCUT2D eigenvalue weighted by Gasteiger charge is 2.24. The van der Waals surface area contributed by atoms with Gasteiger partial charge in [0.05, 0.1) is 5.69 Å². The molecule has 5 amide bonds. The van der Waals surface area contributed by atoms with Crippen LogP contribution in [0.1, 0.15) is 34.6 Å². The van der Waals surface area contributed by atoms with Gasteiger partial charge in [0.25, 0.3) is 0 Å². The number of piperazine rings is 1. The molecule has 9 nitrogen and oxygen atoms in total. The SMILES string of the molecule is CC(C)N(CC(=O)Nc1ccc(N2CCN(C(=O)Nc3ccccc3F)CC2)cc1)C(=O)NC(C)(C)C. The van der Waals surface area contributed by atoms with Crippen molar-refractivity contribution in [3.63, 3.8) is 0 Å². The quantitative estimate of drug-likeness (QED) is 0.537. The van der Waals surface area contributed by atoms with Gasteiger partial charge in [-0.15, -0.1) is 0 Å². The molecule has 2 aromatic carbocycles. The molecule has 0 radical (unpaired) electrons. The zero-order valence-corrected chi connectivity index (χ0v) is 22.2. The molecule has 3 rings (SSSR count). The predicted molar refractivity (Wildman–Crippen MR) is 144 cm³/mol. The number of nitrogens with one attached hydrogen (secondary N) is 3. The molecule has 200 valence electrons. The fraction of sp³-hybridized carbons (Fsp3) is 0.444. The molecule has 2 aromatic rings. The van der Waals surface area contributed by atoms with Crippen LogP contribution in [0.2, 0.25) is 0 Å². The van der Waals surface area contributed by atoms with Crippen LogP contribution in [0.4, 0.5) is 31.0 Å². The van der Waals surface area contributed by atoms with E-state index in [0.717, 1.165) is 5.69 Å². The zero-order valence-electron chi connectivity index (χ0n) is 22.2. The van der Waals surface area contributed by atoms with E-state index in [9.17, 15) is 18.8 Å². The summed E-state index contributed by atoms with van der Waals surface area (Å²) in [6, 6.07) is 12.8. The number of nitrogens with zero attached hydrogens (tertiary/aromatic N) is 3. The van der Waals surface area contributed by atoms with E-state index < -0.39 is 11.4 Å². The average Bonchev–Trinajstić information content (AvgIpc) is 2.83. The van der Waals surface area contributed by atoms with Crippen LogP contribution >= 0.6 is 0 Å². The minimum atomic E-state index is -0.466. The summed E-state index contributed by atoms with van der Waals surface area (Å²) in [5, 5.41) is 8.37. The second kappa shape index (κ2) is 11.9.